The summed E-state index contributed by atoms with van der Waals surface area (Å²) in [7, 11) is 1.52. The molecule has 0 spiro atoms. The summed E-state index contributed by atoms with van der Waals surface area (Å²) < 4.78 is 32.6. The molecule has 3 heterocycles. The number of benzene rings is 2. The van der Waals surface area contributed by atoms with Crippen LogP contribution in [0, 0.1) is 0 Å². The first-order chi connectivity index (χ1) is 19.6. The molecule has 2 aliphatic heterocycles. The van der Waals surface area contributed by atoms with E-state index in [0.717, 1.165) is 6.07 Å². The first kappa shape index (κ1) is 29.2. The van der Waals surface area contributed by atoms with Crippen molar-refractivity contribution in [1.82, 2.24) is 0 Å². The molecule has 2 saturated heterocycles. The molecule has 5 rings (SSSR count). The summed E-state index contributed by atoms with van der Waals surface area (Å²) >= 11 is 0. The molecule has 222 valence electrons. The number of hydrogen-bond acceptors (Lipinski definition) is 14. The molecule has 1 aromatic heterocycles. The van der Waals surface area contributed by atoms with Gasteiger partial charge in [0.05, 0.1) is 32.5 Å². The van der Waals surface area contributed by atoms with Gasteiger partial charge in [0.1, 0.15) is 70.6 Å². The molecular weight excluding hydrogens is 548 g/mol. The minimum Gasteiger partial charge on any atom is -0.507 e. The van der Waals surface area contributed by atoms with E-state index in [-0.39, 0.29) is 22.3 Å². The van der Waals surface area contributed by atoms with Gasteiger partial charge >= 0.3 is 0 Å². The van der Waals surface area contributed by atoms with Gasteiger partial charge in [-0.15, -0.1) is 0 Å². The van der Waals surface area contributed by atoms with Crippen LogP contribution >= 0.6 is 0 Å². The standard InChI is InChI=1S/C27H30O14/c1-36-13-4-2-12(3-5-13)15-9-37-17-7-14(6-16(30)19(17)20(15)31)39-25-22(33)21(32)23(18(8-28)40-25)41-26-24(34)27(35,10-29)11-38-26/h2-7,9,18,21-26,28-30,32-35H,8,10-11H2,1H3/t18-,21-,22-,23-,24?,25?,26?,27?/m0/s1. The fourth-order valence-corrected chi connectivity index (χ4v) is 4.76. The minimum atomic E-state index is -1.99. The number of methoxy groups -OCH3 is 1. The third kappa shape index (κ3) is 5.37. The number of phenols is 1. The van der Waals surface area contributed by atoms with E-state index in [0.29, 0.717) is 11.3 Å². The van der Waals surface area contributed by atoms with Crippen LogP contribution in [-0.2, 0) is 14.2 Å². The van der Waals surface area contributed by atoms with E-state index in [4.69, 9.17) is 28.1 Å². The van der Waals surface area contributed by atoms with E-state index in [1.165, 1.54) is 19.4 Å². The number of aliphatic hydroxyl groups excluding tert-OH is 5. The topological polar surface area (TPSA) is 218 Å². The van der Waals surface area contributed by atoms with Crippen molar-refractivity contribution in [2.45, 2.75) is 48.7 Å². The number of aliphatic hydroxyl groups is 6. The van der Waals surface area contributed by atoms with E-state index >= 15 is 0 Å². The van der Waals surface area contributed by atoms with Crippen molar-refractivity contribution < 1.29 is 63.8 Å². The fourth-order valence-electron chi connectivity index (χ4n) is 4.76. The Morgan fingerprint density at radius 1 is 1.02 bits per heavy atom. The lowest BCUT2D eigenvalue weighted by molar-refractivity contribution is -0.313. The average molecular weight is 579 g/mol. The molecular formula is C27H30O14. The zero-order chi connectivity index (χ0) is 29.5. The quantitative estimate of drug-likeness (QED) is 0.167. The van der Waals surface area contributed by atoms with E-state index in [1.807, 2.05) is 0 Å². The van der Waals surface area contributed by atoms with Gasteiger partial charge in [0.25, 0.3) is 0 Å². The van der Waals surface area contributed by atoms with Gasteiger partial charge in [0, 0.05) is 12.1 Å². The fraction of sp³-hybridized carbons (Fsp3) is 0.444. The van der Waals surface area contributed by atoms with Gasteiger partial charge in [0.2, 0.25) is 11.7 Å². The highest BCUT2D eigenvalue weighted by Crippen LogP contribution is 2.34. The van der Waals surface area contributed by atoms with Crippen molar-refractivity contribution in [3.8, 4) is 28.4 Å². The van der Waals surface area contributed by atoms with Gasteiger partial charge < -0.3 is 63.8 Å². The SMILES string of the molecule is COc1ccc(-c2coc3cc(OC4O[C@@H](CO)[C@H](OC5OCC(O)(CO)C5O)[C@@H](O)[C@@H]4O)cc(O)c3c2=O)cc1. The normalized spacial score (nSPS) is 31.8. The third-order valence-corrected chi connectivity index (χ3v) is 7.18. The second kappa shape index (κ2) is 11.5. The number of rotatable bonds is 8. The number of fused-ring (bicyclic) bond motifs is 1. The monoisotopic (exact) mass is 578 g/mol. The summed E-state index contributed by atoms with van der Waals surface area (Å²) in [5.41, 5.74) is -1.79. The van der Waals surface area contributed by atoms with Gasteiger partial charge in [-0.2, -0.15) is 0 Å². The van der Waals surface area contributed by atoms with Crippen LogP contribution in [0.5, 0.6) is 17.2 Å². The highest BCUT2D eigenvalue weighted by atomic mass is 16.7. The summed E-state index contributed by atoms with van der Waals surface area (Å²) in [4.78, 5) is 13.2. The van der Waals surface area contributed by atoms with Crippen molar-refractivity contribution in [3.05, 3.63) is 52.9 Å². The lowest BCUT2D eigenvalue weighted by atomic mass is 9.98. The summed E-state index contributed by atoms with van der Waals surface area (Å²) in [6.45, 7) is -1.99. The number of ether oxygens (including phenoxy) is 5. The van der Waals surface area contributed by atoms with Gasteiger partial charge in [-0.3, -0.25) is 4.79 Å². The molecule has 0 aliphatic carbocycles. The molecule has 0 bridgehead atoms. The maximum Gasteiger partial charge on any atom is 0.229 e. The summed E-state index contributed by atoms with van der Waals surface area (Å²) in [5, 5.41) is 71.6. The maximum atomic E-state index is 13.2. The molecule has 0 saturated carbocycles. The lowest BCUT2D eigenvalue weighted by Gasteiger charge is -2.42. The van der Waals surface area contributed by atoms with Crippen LogP contribution in [-0.4, -0.2) is 111 Å². The second-order valence-corrected chi connectivity index (χ2v) is 9.83. The molecule has 4 unspecified atom stereocenters. The Kier molecular flexibility index (Phi) is 8.20. The molecule has 14 nitrogen and oxygen atoms in total. The zero-order valence-corrected chi connectivity index (χ0v) is 21.7. The van der Waals surface area contributed by atoms with Crippen LogP contribution in [0.2, 0.25) is 0 Å². The maximum absolute atomic E-state index is 13.2. The van der Waals surface area contributed by atoms with Crippen LogP contribution in [0.15, 0.2) is 51.9 Å². The first-order valence-electron chi connectivity index (χ1n) is 12.6. The molecule has 8 atom stereocenters. The summed E-state index contributed by atoms with van der Waals surface area (Å²) in [6, 6.07) is 9.07. The van der Waals surface area contributed by atoms with Crippen LogP contribution in [0.3, 0.4) is 0 Å². The van der Waals surface area contributed by atoms with Crippen LogP contribution < -0.4 is 14.9 Å². The second-order valence-electron chi connectivity index (χ2n) is 9.83. The average Bonchev–Trinajstić information content (AvgIpc) is 3.26. The predicted molar refractivity (Wildman–Crippen MR) is 137 cm³/mol. The smallest absolute Gasteiger partial charge is 0.229 e. The molecule has 0 amide bonds. The van der Waals surface area contributed by atoms with Crippen molar-refractivity contribution in [2.24, 2.45) is 0 Å². The number of phenolic OH excluding ortho intramolecular Hbond substituents is 1. The lowest BCUT2D eigenvalue weighted by Crippen LogP contribution is -2.62. The Labute approximate surface area is 232 Å². The molecule has 2 fully saturated rings. The van der Waals surface area contributed by atoms with Gasteiger partial charge in [-0.1, -0.05) is 12.1 Å². The van der Waals surface area contributed by atoms with E-state index in [9.17, 15) is 40.5 Å². The van der Waals surface area contributed by atoms with Crippen molar-refractivity contribution in [3.63, 3.8) is 0 Å². The van der Waals surface area contributed by atoms with Crippen molar-refractivity contribution in [1.29, 1.82) is 0 Å². The Hall–Kier alpha value is -3.31. The predicted octanol–water partition coefficient (Wildman–Crippen LogP) is -1.18. The molecule has 3 aromatic rings. The van der Waals surface area contributed by atoms with Gasteiger partial charge in [-0.25, -0.2) is 0 Å². The number of aromatic hydroxyl groups is 1. The Morgan fingerprint density at radius 2 is 1.76 bits per heavy atom. The van der Waals surface area contributed by atoms with Crippen molar-refractivity contribution >= 4 is 11.0 Å². The Morgan fingerprint density at radius 3 is 2.39 bits per heavy atom. The molecule has 2 aromatic carbocycles. The molecule has 41 heavy (non-hydrogen) atoms. The van der Waals surface area contributed by atoms with Crippen LogP contribution in [0.4, 0.5) is 0 Å². The third-order valence-electron chi connectivity index (χ3n) is 7.18. The minimum absolute atomic E-state index is 0.0308. The highest BCUT2D eigenvalue weighted by molar-refractivity contribution is 5.88. The zero-order valence-electron chi connectivity index (χ0n) is 21.7. The van der Waals surface area contributed by atoms with E-state index in [2.05, 4.69) is 0 Å². The Balaban J connectivity index is 1.35. The molecule has 14 heteroatoms. The largest absolute Gasteiger partial charge is 0.507 e. The van der Waals surface area contributed by atoms with Crippen LogP contribution in [0.1, 0.15) is 0 Å². The molecule has 7 N–H and O–H groups in total. The Bertz CT molecular complexity index is 1420. The summed E-state index contributed by atoms with van der Waals surface area (Å²) in [5.74, 6) is 0.0294. The van der Waals surface area contributed by atoms with Crippen LogP contribution in [0.25, 0.3) is 22.1 Å². The van der Waals surface area contributed by atoms with E-state index in [1.54, 1.807) is 24.3 Å². The van der Waals surface area contributed by atoms with Gasteiger partial charge in [-0.05, 0) is 17.7 Å². The molecule has 2 aliphatic rings. The van der Waals surface area contributed by atoms with Gasteiger partial charge in [0.15, 0.2) is 6.29 Å². The first-order valence-corrected chi connectivity index (χ1v) is 12.6. The molecule has 0 radical (unpaired) electrons. The van der Waals surface area contributed by atoms with E-state index < -0.39 is 79.7 Å². The summed E-state index contributed by atoms with van der Waals surface area (Å²) in [6.07, 6.45) is -9.77. The number of hydrogen-bond donors (Lipinski definition) is 7. The van der Waals surface area contributed by atoms with Crippen molar-refractivity contribution in [2.75, 3.05) is 26.9 Å². The highest BCUT2D eigenvalue weighted by Gasteiger charge is 2.53.